The molecule has 0 bridgehead atoms. The summed E-state index contributed by atoms with van der Waals surface area (Å²) in [6.45, 7) is 0. The molecule has 0 unspecified atom stereocenters. The molecule has 0 spiro atoms. The van der Waals surface area contributed by atoms with E-state index in [4.69, 9.17) is 9.52 Å². The van der Waals surface area contributed by atoms with Crippen molar-refractivity contribution < 1.29 is 14.3 Å². The van der Waals surface area contributed by atoms with Crippen molar-refractivity contribution in [3.8, 4) is 5.75 Å². The Morgan fingerprint density at radius 2 is 1.94 bits per heavy atom. The predicted octanol–water partition coefficient (Wildman–Crippen LogP) is 2.26. The van der Waals surface area contributed by atoms with Gasteiger partial charge in [0.2, 0.25) is 0 Å². The van der Waals surface area contributed by atoms with Crippen molar-refractivity contribution in [2.24, 2.45) is 0 Å². The number of amides is 1. The number of anilines is 1. The fourth-order valence-electron chi connectivity index (χ4n) is 1.36. The van der Waals surface area contributed by atoms with Crippen molar-refractivity contribution in [2.45, 2.75) is 0 Å². The molecule has 0 atom stereocenters. The number of phenols is 1. The molecule has 0 aliphatic rings. The average molecular weight is 217 g/mol. The normalized spacial score (nSPS) is 10.1. The van der Waals surface area contributed by atoms with Crippen molar-refractivity contribution in [1.82, 2.24) is 0 Å². The Hall–Kier alpha value is -2.23. The number of rotatable bonds is 2. The number of carbonyl (C=O) groups is 1. The zero-order valence-electron chi connectivity index (χ0n) is 8.75. The molecule has 0 radical (unpaired) electrons. The quantitative estimate of drug-likeness (QED) is 0.839. The molecule has 1 aromatic heterocycles. The van der Waals surface area contributed by atoms with Gasteiger partial charge in [0.15, 0.2) is 5.76 Å². The highest BCUT2D eigenvalue weighted by atomic mass is 16.3. The number of aromatic hydroxyl groups is 1. The van der Waals surface area contributed by atoms with E-state index in [-0.39, 0.29) is 17.4 Å². The van der Waals surface area contributed by atoms with Gasteiger partial charge in [-0.3, -0.25) is 4.79 Å². The summed E-state index contributed by atoms with van der Waals surface area (Å²) < 4.78 is 5.02. The first-order valence-electron chi connectivity index (χ1n) is 4.79. The van der Waals surface area contributed by atoms with Gasteiger partial charge in [0.1, 0.15) is 5.75 Å². The van der Waals surface area contributed by atoms with E-state index >= 15 is 0 Å². The Balaban J connectivity index is 2.22. The van der Waals surface area contributed by atoms with E-state index in [0.29, 0.717) is 5.69 Å². The van der Waals surface area contributed by atoms with Gasteiger partial charge in [-0.05, 0) is 36.4 Å². The van der Waals surface area contributed by atoms with E-state index in [2.05, 4.69) is 0 Å². The molecule has 2 rings (SSSR count). The maximum Gasteiger partial charge on any atom is 0.293 e. The molecule has 1 aromatic carbocycles. The van der Waals surface area contributed by atoms with Crippen molar-refractivity contribution >= 4 is 11.6 Å². The standard InChI is InChI=1S/C12H11NO3/c1-13(9-4-6-10(14)7-5-9)12(15)11-3-2-8-16-11/h2-8,14H,1H3. The van der Waals surface area contributed by atoms with Gasteiger partial charge in [0.05, 0.1) is 6.26 Å². The third-order valence-corrected chi connectivity index (χ3v) is 2.27. The van der Waals surface area contributed by atoms with E-state index in [0.717, 1.165) is 0 Å². The van der Waals surface area contributed by atoms with E-state index in [1.807, 2.05) is 0 Å². The third-order valence-electron chi connectivity index (χ3n) is 2.27. The number of benzene rings is 1. The summed E-state index contributed by atoms with van der Waals surface area (Å²) in [5, 5.41) is 9.14. The number of nitrogens with zero attached hydrogens (tertiary/aromatic N) is 1. The van der Waals surface area contributed by atoms with Gasteiger partial charge in [-0.15, -0.1) is 0 Å². The lowest BCUT2D eigenvalue weighted by molar-refractivity contribution is 0.0966. The minimum absolute atomic E-state index is 0.169. The Morgan fingerprint density at radius 3 is 2.50 bits per heavy atom. The van der Waals surface area contributed by atoms with Crippen LogP contribution < -0.4 is 4.90 Å². The molecule has 0 aliphatic carbocycles. The van der Waals surface area contributed by atoms with Crippen molar-refractivity contribution in [2.75, 3.05) is 11.9 Å². The Bertz CT molecular complexity index is 473. The van der Waals surface area contributed by atoms with Gasteiger partial charge in [0, 0.05) is 12.7 Å². The van der Waals surface area contributed by atoms with E-state index in [1.165, 1.54) is 23.3 Å². The molecule has 0 saturated carbocycles. The smallest absolute Gasteiger partial charge is 0.293 e. The Kier molecular flexibility index (Phi) is 2.64. The fraction of sp³-hybridized carbons (Fsp3) is 0.0833. The molecule has 4 heteroatoms. The van der Waals surface area contributed by atoms with Crippen LogP contribution in [0.2, 0.25) is 0 Å². The van der Waals surface area contributed by atoms with Gasteiger partial charge in [-0.1, -0.05) is 0 Å². The van der Waals surface area contributed by atoms with Crippen molar-refractivity contribution in [3.05, 3.63) is 48.4 Å². The van der Waals surface area contributed by atoms with Gasteiger partial charge < -0.3 is 14.4 Å². The second kappa shape index (κ2) is 4.10. The lowest BCUT2D eigenvalue weighted by Gasteiger charge is -2.15. The van der Waals surface area contributed by atoms with Gasteiger partial charge in [-0.2, -0.15) is 0 Å². The highest BCUT2D eigenvalue weighted by Gasteiger charge is 2.15. The second-order valence-electron chi connectivity index (χ2n) is 3.36. The van der Waals surface area contributed by atoms with Crippen LogP contribution in [0, 0.1) is 0 Å². The van der Waals surface area contributed by atoms with Crippen LogP contribution in [0.1, 0.15) is 10.6 Å². The third kappa shape index (κ3) is 1.91. The van der Waals surface area contributed by atoms with Crippen molar-refractivity contribution in [3.63, 3.8) is 0 Å². The van der Waals surface area contributed by atoms with Crippen LogP contribution >= 0.6 is 0 Å². The topological polar surface area (TPSA) is 53.7 Å². The van der Waals surface area contributed by atoms with Crippen LogP contribution in [-0.2, 0) is 0 Å². The molecular formula is C12H11NO3. The number of hydrogen-bond donors (Lipinski definition) is 1. The number of hydrogen-bond acceptors (Lipinski definition) is 3. The van der Waals surface area contributed by atoms with Crippen LogP contribution in [0.3, 0.4) is 0 Å². The number of phenolic OH excluding ortho intramolecular Hbond substituents is 1. The largest absolute Gasteiger partial charge is 0.508 e. The monoisotopic (exact) mass is 217 g/mol. The minimum Gasteiger partial charge on any atom is -0.508 e. The maximum atomic E-state index is 11.9. The molecule has 0 aliphatic heterocycles. The van der Waals surface area contributed by atoms with Gasteiger partial charge >= 0.3 is 0 Å². The molecule has 16 heavy (non-hydrogen) atoms. The highest BCUT2D eigenvalue weighted by molar-refractivity contribution is 6.03. The summed E-state index contributed by atoms with van der Waals surface area (Å²) >= 11 is 0. The van der Waals surface area contributed by atoms with Crippen molar-refractivity contribution in [1.29, 1.82) is 0 Å². The molecule has 4 nitrogen and oxygen atoms in total. The molecule has 2 aromatic rings. The SMILES string of the molecule is CN(C(=O)c1ccco1)c1ccc(O)cc1. The first-order chi connectivity index (χ1) is 7.68. The van der Waals surface area contributed by atoms with Gasteiger partial charge in [-0.25, -0.2) is 0 Å². The van der Waals surface area contributed by atoms with Crippen LogP contribution in [-0.4, -0.2) is 18.1 Å². The van der Waals surface area contributed by atoms with Crippen LogP contribution in [0.15, 0.2) is 47.1 Å². The fourth-order valence-corrected chi connectivity index (χ4v) is 1.36. The van der Waals surface area contributed by atoms with Gasteiger partial charge in [0.25, 0.3) is 5.91 Å². The molecule has 0 fully saturated rings. The highest BCUT2D eigenvalue weighted by Crippen LogP contribution is 2.19. The molecule has 82 valence electrons. The summed E-state index contributed by atoms with van der Waals surface area (Å²) in [6.07, 6.45) is 1.46. The summed E-state index contributed by atoms with van der Waals surface area (Å²) in [5.74, 6) is 0.230. The average Bonchev–Trinajstić information content (AvgIpc) is 2.81. The summed E-state index contributed by atoms with van der Waals surface area (Å²) in [6, 6.07) is 9.66. The molecule has 1 N–H and O–H groups in total. The van der Waals surface area contributed by atoms with E-state index < -0.39 is 0 Å². The summed E-state index contributed by atoms with van der Waals surface area (Å²) in [7, 11) is 1.65. The predicted molar refractivity (Wildman–Crippen MR) is 59.5 cm³/mol. The Labute approximate surface area is 92.7 Å². The van der Waals surface area contributed by atoms with Crippen LogP contribution in [0.4, 0.5) is 5.69 Å². The first kappa shape index (κ1) is 10.3. The minimum atomic E-state index is -0.226. The summed E-state index contributed by atoms with van der Waals surface area (Å²) in [4.78, 5) is 13.3. The zero-order chi connectivity index (χ0) is 11.5. The van der Waals surface area contributed by atoms with E-state index in [9.17, 15) is 4.79 Å². The van der Waals surface area contributed by atoms with Crippen LogP contribution in [0.25, 0.3) is 0 Å². The molecule has 0 saturated heterocycles. The number of furan rings is 1. The maximum absolute atomic E-state index is 11.9. The Morgan fingerprint density at radius 1 is 1.25 bits per heavy atom. The van der Waals surface area contributed by atoms with E-state index in [1.54, 1.807) is 31.3 Å². The molecular weight excluding hydrogens is 206 g/mol. The lowest BCUT2D eigenvalue weighted by Crippen LogP contribution is -2.25. The zero-order valence-corrected chi connectivity index (χ0v) is 8.75. The second-order valence-corrected chi connectivity index (χ2v) is 3.36. The molecule has 1 heterocycles. The first-order valence-corrected chi connectivity index (χ1v) is 4.79. The number of carbonyl (C=O) groups excluding carboxylic acids is 1. The lowest BCUT2D eigenvalue weighted by atomic mass is 10.2. The van der Waals surface area contributed by atoms with Crippen LogP contribution in [0.5, 0.6) is 5.75 Å². The molecule has 1 amide bonds. The summed E-state index contributed by atoms with van der Waals surface area (Å²) in [5.41, 5.74) is 0.694.